The van der Waals surface area contributed by atoms with Crippen LogP contribution in [0.2, 0.25) is 0 Å². The van der Waals surface area contributed by atoms with E-state index >= 15 is 0 Å². The topological polar surface area (TPSA) is 66.7 Å². The van der Waals surface area contributed by atoms with Crippen LogP contribution >= 0.6 is 0 Å². The third kappa shape index (κ3) is 2.47. The maximum atomic E-state index is 12.0. The summed E-state index contributed by atoms with van der Waals surface area (Å²) in [6.45, 7) is 0. The molecule has 0 amide bonds. The van der Waals surface area contributed by atoms with Crippen molar-refractivity contribution >= 4 is 17.5 Å². The zero-order chi connectivity index (χ0) is 12.3. The molecule has 1 aliphatic heterocycles. The summed E-state index contributed by atoms with van der Waals surface area (Å²) in [7, 11) is 0. The fraction of sp³-hybridized carbons (Fsp3) is 0.154. The molecule has 0 aromatic heterocycles. The van der Waals surface area contributed by atoms with Gasteiger partial charge in [-0.05, 0) is 6.07 Å². The van der Waals surface area contributed by atoms with Gasteiger partial charge in [-0.25, -0.2) is 4.79 Å². The number of hydrogen-bond acceptors (Lipinski definition) is 3. The summed E-state index contributed by atoms with van der Waals surface area (Å²) in [5.41, 5.74) is 1.06. The fourth-order valence-corrected chi connectivity index (χ4v) is 1.71. The minimum absolute atomic E-state index is 0.0454. The molecule has 0 saturated heterocycles. The Bertz CT molecular complexity index is 529. The van der Waals surface area contributed by atoms with Crippen molar-refractivity contribution in [3.63, 3.8) is 0 Å². The zero-order valence-electron chi connectivity index (χ0n) is 9.09. The molecule has 0 spiro atoms. The van der Waals surface area contributed by atoms with Crippen LogP contribution in [0.4, 0.5) is 0 Å². The number of carboxylic acids is 1. The molecular weight excluding hydrogens is 218 g/mol. The first-order valence-electron chi connectivity index (χ1n) is 5.24. The summed E-state index contributed by atoms with van der Waals surface area (Å²) >= 11 is 0. The molecule has 1 aromatic rings. The lowest BCUT2D eigenvalue weighted by atomic mass is 9.99. The number of allylic oxidation sites excluding steroid dienone is 1. The van der Waals surface area contributed by atoms with Crippen molar-refractivity contribution in [1.29, 1.82) is 0 Å². The summed E-state index contributed by atoms with van der Waals surface area (Å²) in [5.74, 6) is -1.29. The van der Waals surface area contributed by atoms with Gasteiger partial charge >= 0.3 is 5.97 Å². The predicted molar refractivity (Wildman–Crippen MR) is 63.5 cm³/mol. The monoisotopic (exact) mass is 229 g/mol. The molecule has 1 aliphatic rings. The van der Waals surface area contributed by atoms with Crippen LogP contribution in [0, 0.1) is 0 Å². The van der Waals surface area contributed by atoms with Crippen LogP contribution < -0.4 is 0 Å². The number of carbonyl (C=O) groups is 2. The molecule has 0 radical (unpaired) electrons. The van der Waals surface area contributed by atoms with Crippen LogP contribution in [0.25, 0.3) is 0 Å². The maximum Gasteiger partial charge on any atom is 0.336 e. The Balaban J connectivity index is 2.21. The summed E-state index contributed by atoms with van der Waals surface area (Å²) in [5, 5.41) is 8.98. The van der Waals surface area contributed by atoms with Gasteiger partial charge in [0.25, 0.3) is 0 Å². The highest BCUT2D eigenvalue weighted by atomic mass is 16.4. The minimum Gasteiger partial charge on any atom is -0.478 e. The number of benzene rings is 1. The molecule has 2 rings (SSSR count). The molecule has 1 heterocycles. The summed E-state index contributed by atoms with van der Waals surface area (Å²) in [6.07, 6.45) is 4.37. The molecule has 0 bridgehead atoms. The molecule has 0 aliphatic carbocycles. The second-order valence-electron chi connectivity index (χ2n) is 3.73. The Hall–Kier alpha value is -2.23. The van der Waals surface area contributed by atoms with Crippen molar-refractivity contribution in [2.45, 2.75) is 12.8 Å². The van der Waals surface area contributed by atoms with Crippen molar-refractivity contribution in [3.05, 3.63) is 47.7 Å². The number of aromatic carboxylic acids is 1. The van der Waals surface area contributed by atoms with E-state index in [1.54, 1.807) is 18.3 Å². The highest BCUT2D eigenvalue weighted by molar-refractivity contribution is 6.14. The third-order valence-corrected chi connectivity index (χ3v) is 2.54. The molecule has 17 heavy (non-hydrogen) atoms. The largest absolute Gasteiger partial charge is 0.478 e. The van der Waals surface area contributed by atoms with Crippen molar-refractivity contribution < 1.29 is 14.7 Å². The van der Waals surface area contributed by atoms with Gasteiger partial charge in [-0.2, -0.15) is 0 Å². The van der Waals surface area contributed by atoms with Gasteiger partial charge in [0.2, 0.25) is 0 Å². The van der Waals surface area contributed by atoms with Gasteiger partial charge in [-0.3, -0.25) is 9.79 Å². The molecule has 0 fully saturated rings. The molecule has 4 nitrogen and oxygen atoms in total. The number of nitrogens with zero attached hydrogens (tertiary/aromatic N) is 1. The third-order valence-electron chi connectivity index (χ3n) is 2.54. The van der Waals surface area contributed by atoms with Gasteiger partial charge in [0, 0.05) is 30.3 Å². The van der Waals surface area contributed by atoms with Crippen LogP contribution in [0.5, 0.6) is 0 Å². The van der Waals surface area contributed by atoms with Crippen LogP contribution in [0.1, 0.15) is 33.6 Å². The van der Waals surface area contributed by atoms with E-state index in [9.17, 15) is 9.59 Å². The Morgan fingerprint density at radius 2 is 1.94 bits per heavy atom. The highest BCUT2D eigenvalue weighted by Crippen LogP contribution is 2.14. The van der Waals surface area contributed by atoms with Crippen LogP contribution in [0.3, 0.4) is 0 Å². The van der Waals surface area contributed by atoms with E-state index in [0.29, 0.717) is 6.42 Å². The van der Waals surface area contributed by atoms with Crippen molar-refractivity contribution in [1.82, 2.24) is 0 Å². The van der Waals surface area contributed by atoms with Gasteiger partial charge in [-0.1, -0.05) is 24.3 Å². The van der Waals surface area contributed by atoms with E-state index in [-0.39, 0.29) is 23.3 Å². The van der Waals surface area contributed by atoms with E-state index in [2.05, 4.69) is 4.99 Å². The first-order chi connectivity index (χ1) is 8.18. The molecule has 1 N–H and O–H groups in total. The van der Waals surface area contributed by atoms with E-state index < -0.39 is 5.97 Å². The summed E-state index contributed by atoms with van der Waals surface area (Å²) in [6, 6.07) is 6.24. The second-order valence-corrected chi connectivity index (χ2v) is 3.73. The average molecular weight is 229 g/mol. The van der Waals surface area contributed by atoms with Crippen LogP contribution in [-0.2, 0) is 0 Å². The van der Waals surface area contributed by atoms with Gasteiger partial charge in [-0.15, -0.1) is 0 Å². The molecule has 4 heteroatoms. The second kappa shape index (κ2) is 4.74. The fourth-order valence-electron chi connectivity index (χ4n) is 1.71. The van der Waals surface area contributed by atoms with Gasteiger partial charge in [0.1, 0.15) is 0 Å². The lowest BCUT2D eigenvalue weighted by Crippen LogP contribution is -2.11. The Morgan fingerprint density at radius 3 is 2.53 bits per heavy atom. The maximum absolute atomic E-state index is 12.0. The Morgan fingerprint density at radius 1 is 1.24 bits per heavy atom. The molecule has 0 saturated carbocycles. The van der Waals surface area contributed by atoms with Crippen LogP contribution in [0.15, 0.2) is 41.5 Å². The standard InChI is InChI=1S/C13H11NO3/c15-12(8-9-4-3-7-14-9)10-5-1-2-6-11(10)13(16)17/h1-3,5-7H,4,8H2,(H,16,17). The molecule has 0 atom stereocenters. The normalized spacial score (nSPS) is 13.5. The number of ketones is 1. The zero-order valence-corrected chi connectivity index (χ0v) is 9.09. The SMILES string of the molecule is O=C(O)c1ccccc1C(=O)CC1=NC=CC1. The van der Waals surface area contributed by atoms with Crippen molar-refractivity contribution in [2.75, 3.05) is 0 Å². The smallest absolute Gasteiger partial charge is 0.336 e. The van der Waals surface area contributed by atoms with E-state index in [0.717, 1.165) is 5.71 Å². The number of hydrogen-bond donors (Lipinski definition) is 1. The quantitative estimate of drug-likeness (QED) is 0.805. The lowest BCUT2D eigenvalue weighted by Gasteiger charge is -2.04. The number of carboxylic acid groups (broad SMARTS) is 1. The summed E-state index contributed by atoms with van der Waals surface area (Å²) < 4.78 is 0. The van der Waals surface area contributed by atoms with Gasteiger partial charge in [0.05, 0.1) is 5.56 Å². The Labute approximate surface area is 98.3 Å². The van der Waals surface area contributed by atoms with E-state index in [1.807, 2.05) is 6.08 Å². The minimum atomic E-state index is -1.08. The number of Topliss-reactive ketones (excluding diaryl/α,β-unsaturated/α-hetero) is 1. The van der Waals surface area contributed by atoms with Crippen molar-refractivity contribution in [3.8, 4) is 0 Å². The van der Waals surface area contributed by atoms with Crippen LogP contribution in [-0.4, -0.2) is 22.6 Å². The first-order valence-corrected chi connectivity index (χ1v) is 5.24. The number of aliphatic imine (C=N–C) groups is 1. The number of carbonyl (C=O) groups excluding carboxylic acids is 1. The molecule has 1 aromatic carbocycles. The van der Waals surface area contributed by atoms with E-state index in [4.69, 9.17) is 5.11 Å². The van der Waals surface area contributed by atoms with Gasteiger partial charge < -0.3 is 5.11 Å². The predicted octanol–water partition coefficient (Wildman–Crippen LogP) is 2.32. The number of rotatable bonds is 4. The highest BCUT2D eigenvalue weighted by Gasteiger charge is 2.17. The summed E-state index contributed by atoms with van der Waals surface area (Å²) in [4.78, 5) is 27.0. The van der Waals surface area contributed by atoms with E-state index in [1.165, 1.54) is 12.1 Å². The molecule has 0 unspecified atom stereocenters. The van der Waals surface area contributed by atoms with Crippen molar-refractivity contribution in [2.24, 2.45) is 4.99 Å². The lowest BCUT2D eigenvalue weighted by molar-refractivity contribution is 0.0692. The molecule has 86 valence electrons. The Kier molecular flexibility index (Phi) is 3.14. The average Bonchev–Trinajstić information content (AvgIpc) is 2.81. The first kappa shape index (κ1) is 11.3. The molecular formula is C13H11NO3. The van der Waals surface area contributed by atoms with Gasteiger partial charge in [0.15, 0.2) is 5.78 Å².